The van der Waals surface area contributed by atoms with Gasteiger partial charge in [0.2, 0.25) is 0 Å². The van der Waals surface area contributed by atoms with Crippen LogP contribution >= 0.6 is 0 Å². The summed E-state index contributed by atoms with van der Waals surface area (Å²) < 4.78 is 0. The van der Waals surface area contributed by atoms with Crippen LogP contribution in [0.3, 0.4) is 0 Å². The molecule has 0 spiro atoms. The molecule has 0 aliphatic heterocycles. The Hall–Kier alpha value is -2.35. The number of nitrogens with zero attached hydrogens (tertiary/aromatic N) is 2. The number of nitriles is 1. The van der Waals surface area contributed by atoms with Crippen molar-refractivity contribution >= 4 is 11.9 Å². The number of amides is 1. The van der Waals surface area contributed by atoms with Crippen molar-refractivity contribution < 1.29 is 14.7 Å². The summed E-state index contributed by atoms with van der Waals surface area (Å²) in [5.74, 6) is -1.49. The lowest BCUT2D eigenvalue weighted by Crippen LogP contribution is -2.40. The van der Waals surface area contributed by atoms with Crippen molar-refractivity contribution in [3.05, 3.63) is 35.4 Å². The Bertz CT molecular complexity index is 491. The first-order chi connectivity index (χ1) is 7.97. The van der Waals surface area contributed by atoms with Gasteiger partial charge in [-0.3, -0.25) is 4.79 Å². The third kappa shape index (κ3) is 2.82. The maximum atomic E-state index is 11.9. The van der Waals surface area contributed by atoms with Gasteiger partial charge in [-0.25, -0.2) is 4.79 Å². The molecule has 1 aromatic rings. The molecule has 0 fully saturated rings. The first-order valence-electron chi connectivity index (χ1n) is 4.97. The summed E-state index contributed by atoms with van der Waals surface area (Å²) in [4.78, 5) is 23.8. The molecular formula is C12H12N2O3. The number of carboxylic acid groups (broad SMARTS) is 1. The highest BCUT2D eigenvalue weighted by Crippen LogP contribution is 2.09. The normalized spacial score (nSPS) is 11.4. The lowest BCUT2D eigenvalue weighted by atomic mass is 10.1. The fourth-order valence-electron chi connectivity index (χ4n) is 1.27. The van der Waals surface area contributed by atoms with Gasteiger partial charge in [-0.1, -0.05) is 6.07 Å². The lowest BCUT2D eigenvalue weighted by molar-refractivity contribution is -0.141. The van der Waals surface area contributed by atoms with Gasteiger partial charge in [-0.15, -0.1) is 0 Å². The zero-order valence-electron chi connectivity index (χ0n) is 9.54. The molecular weight excluding hydrogens is 220 g/mol. The van der Waals surface area contributed by atoms with E-state index in [2.05, 4.69) is 0 Å². The van der Waals surface area contributed by atoms with Crippen molar-refractivity contribution in [2.45, 2.75) is 13.0 Å². The quantitative estimate of drug-likeness (QED) is 0.846. The predicted octanol–water partition coefficient (Wildman–Crippen LogP) is 1.10. The monoisotopic (exact) mass is 232 g/mol. The molecule has 1 unspecified atom stereocenters. The molecule has 1 N–H and O–H groups in total. The number of aliphatic carboxylic acids is 1. The molecule has 88 valence electrons. The molecule has 0 aliphatic carbocycles. The number of hydrogen-bond acceptors (Lipinski definition) is 3. The smallest absolute Gasteiger partial charge is 0.326 e. The highest BCUT2D eigenvalue weighted by atomic mass is 16.4. The van der Waals surface area contributed by atoms with Gasteiger partial charge in [0.1, 0.15) is 6.04 Å². The van der Waals surface area contributed by atoms with Gasteiger partial charge in [-0.2, -0.15) is 5.26 Å². The second-order valence-corrected chi connectivity index (χ2v) is 3.62. The number of benzene rings is 1. The van der Waals surface area contributed by atoms with E-state index in [0.717, 1.165) is 4.90 Å². The van der Waals surface area contributed by atoms with Gasteiger partial charge >= 0.3 is 5.97 Å². The summed E-state index contributed by atoms with van der Waals surface area (Å²) in [6, 6.07) is 7.17. The molecule has 17 heavy (non-hydrogen) atoms. The molecule has 0 bridgehead atoms. The predicted molar refractivity (Wildman–Crippen MR) is 60.3 cm³/mol. The SMILES string of the molecule is CC(C(=O)O)N(C)C(=O)c1cccc(C#N)c1. The second-order valence-electron chi connectivity index (χ2n) is 3.62. The average molecular weight is 232 g/mol. The Balaban J connectivity index is 2.97. The number of rotatable bonds is 3. The van der Waals surface area contributed by atoms with Gasteiger partial charge in [0.25, 0.3) is 5.91 Å². The van der Waals surface area contributed by atoms with E-state index < -0.39 is 17.9 Å². The van der Waals surface area contributed by atoms with Crippen LogP contribution in [0.25, 0.3) is 0 Å². The van der Waals surface area contributed by atoms with Gasteiger partial charge in [0, 0.05) is 12.6 Å². The molecule has 0 saturated heterocycles. The standard InChI is InChI=1S/C12H12N2O3/c1-8(12(16)17)14(2)11(15)10-5-3-4-9(6-10)7-13/h3-6,8H,1-2H3,(H,16,17). The molecule has 0 radical (unpaired) electrons. The summed E-state index contributed by atoms with van der Waals surface area (Å²) in [5.41, 5.74) is 0.673. The summed E-state index contributed by atoms with van der Waals surface area (Å²) >= 11 is 0. The largest absolute Gasteiger partial charge is 0.480 e. The molecule has 0 aliphatic rings. The van der Waals surface area contributed by atoms with E-state index in [1.807, 2.05) is 6.07 Å². The maximum Gasteiger partial charge on any atom is 0.326 e. The average Bonchev–Trinajstić information content (AvgIpc) is 2.36. The Morgan fingerprint density at radius 2 is 2.12 bits per heavy atom. The van der Waals surface area contributed by atoms with Gasteiger partial charge in [0.15, 0.2) is 0 Å². The van der Waals surface area contributed by atoms with Crippen LogP contribution in [-0.2, 0) is 4.79 Å². The van der Waals surface area contributed by atoms with Crippen molar-refractivity contribution in [3.8, 4) is 6.07 Å². The molecule has 0 heterocycles. The zero-order valence-corrected chi connectivity index (χ0v) is 9.54. The van der Waals surface area contributed by atoms with Crippen molar-refractivity contribution in [1.82, 2.24) is 4.90 Å². The first-order valence-corrected chi connectivity index (χ1v) is 4.97. The Morgan fingerprint density at radius 3 is 2.65 bits per heavy atom. The van der Waals surface area contributed by atoms with Crippen LogP contribution in [0.5, 0.6) is 0 Å². The second kappa shape index (κ2) is 5.12. The zero-order chi connectivity index (χ0) is 13.0. The number of hydrogen-bond donors (Lipinski definition) is 1. The highest BCUT2D eigenvalue weighted by Gasteiger charge is 2.22. The van der Waals surface area contributed by atoms with E-state index in [-0.39, 0.29) is 0 Å². The minimum Gasteiger partial charge on any atom is -0.480 e. The van der Waals surface area contributed by atoms with Crippen LogP contribution in [0.2, 0.25) is 0 Å². The van der Waals surface area contributed by atoms with Crippen LogP contribution in [0.15, 0.2) is 24.3 Å². The van der Waals surface area contributed by atoms with Crippen LogP contribution in [0.4, 0.5) is 0 Å². The number of carboxylic acids is 1. The van der Waals surface area contributed by atoms with Gasteiger partial charge in [0.05, 0.1) is 11.6 Å². The van der Waals surface area contributed by atoms with E-state index in [9.17, 15) is 9.59 Å². The molecule has 1 aromatic carbocycles. The van der Waals surface area contributed by atoms with E-state index in [1.165, 1.54) is 20.0 Å². The van der Waals surface area contributed by atoms with Crippen LogP contribution in [0, 0.1) is 11.3 Å². The van der Waals surface area contributed by atoms with E-state index in [1.54, 1.807) is 18.2 Å². The topological polar surface area (TPSA) is 81.4 Å². The van der Waals surface area contributed by atoms with Crippen molar-refractivity contribution in [2.75, 3.05) is 7.05 Å². The molecule has 0 aromatic heterocycles. The van der Waals surface area contributed by atoms with Crippen molar-refractivity contribution in [1.29, 1.82) is 5.26 Å². The van der Waals surface area contributed by atoms with Crippen molar-refractivity contribution in [2.24, 2.45) is 0 Å². The highest BCUT2D eigenvalue weighted by molar-refractivity contribution is 5.96. The Labute approximate surface area is 98.9 Å². The number of likely N-dealkylation sites (N-methyl/N-ethyl adjacent to an activating group) is 1. The fourth-order valence-corrected chi connectivity index (χ4v) is 1.27. The maximum absolute atomic E-state index is 11.9. The molecule has 1 amide bonds. The van der Waals surface area contributed by atoms with Crippen LogP contribution in [-0.4, -0.2) is 35.0 Å². The van der Waals surface area contributed by atoms with E-state index >= 15 is 0 Å². The third-order valence-corrected chi connectivity index (χ3v) is 2.50. The van der Waals surface area contributed by atoms with E-state index in [4.69, 9.17) is 10.4 Å². The lowest BCUT2D eigenvalue weighted by Gasteiger charge is -2.21. The molecule has 1 rings (SSSR count). The molecule has 0 saturated carbocycles. The molecule has 5 heteroatoms. The minimum atomic E-state index is -1.07. The van der Waals surface area contributed by atoms with E-state index in [0.29, 0.717) is 11.1 Å². The summed E-state index contributed by atoms with van der Waals surface area (Å²) in [5, 5.41) is 17.5. The number of carbonyl (C=O) groups excluding carboxylic acids is 1. The minimum absolute atomic E-state index is 0.305. The Kier molecular flexibility index (Phi) is 3.83. The summed E-state index contributed by atoms with van der Waals surface area (Å²) in [7, 11) is 1.42. The van der Waals surface area contributed by atoms with Crippen LogP contribution < -0.4 is 0 Å². The van der Waals surface area contributed by atoms with Crippen LogP contribution in [0.1, 0.15) is 22.8 Å². The van der Waals surface area contributed by atoms with Gasteiger partial charge in [-0.05, 0) is 25.1 Å². The fraction of sp³-hybridized carbons (Fsp3) is 0.250. The van der Waals surface area contributed by atoms with Crippen molar-refractivity contribution in [3.63, 3.8) is 0 Å². The first kappa shape index (κ1) is 12.7. The molecule has 1 atom stereocenters. The number of carbonyl (C=O) groups is 2. The molecule has 5 nitrogen and oxygen atoms in total. The summed E-state index contributed by atoms with van der Waals surface area (Å²) in [6.45, 7) is 1.42. The van der Waals surface area contributed by atoms with Gasteiger partial charge < -0.3 is 10.0 Å². The Morgan fingerprint density at radius 1 is 1.47 bits per heavy atom. The summed E-state index contributed by atoms with van der Waals surface area (Å²) in [6.07, 6.45) is 0. The third-order valence-electron chi connectivity index (χ3n) is 2.50.